The number of sulfonamides is 1. The van der Waals surface area contributed by atoms with E-state index < -0.39 is 45.8 Å². The Morgan fingerprint density at radius 1 is 1.08 bits per heavy atom. The molecule has 0 radical (unpaired) electrons. The Morgan fingerprint density at radius 2 is 1.72 bits per heavy atom. The number of nitrogens with zero attached hydrogens (tertiary/aromatic N) is 2. The van der Waals surface area contributed by atoms with Crippen LogP contribution >= 0.6 is 0 Å². The van der Waals surface area contributed by atoms with Crippen molar-refractivity contribution in [1.29, 1.82) is 0 Å². The van der Waals surface area contributed by atoms with Crippen molar-refractivity contribution >= 4 is 27.5 Å². The van der Waals surface area contributed by atoms with Crippen LogP contribution in [0.25, 0.3) is 0 Å². The van der Waals surface area contributed by atoms with E-state index in [1.807, 2.05) is 0 Å². The van der Waals surface area contributed by atoms with E-state index in [1.165, 1.54) is 51.5 Å². The van der Waals surface area contributed by atoms with Gasteiger partial charge in [-0.2, -0.15) is 0 Å². The van der Waals surface area contributed by atoms with Crippen molar-refractivity contribution in [1.82, 2.24) is 10.2 Å². The van der Waals surface area contributed by atoms with Crippen LogP contribution in [-0.2, 0) is 26.2 Å². The Bertz CT molecular complexity index is 1200. The van der Waals surface area contributed by atoms with Crippen LogP contribution in [0.1, 0.15) is 33.3 Å². The van der Waals surface area contributed by atoms with Gasteiger partial charge < -0.3 is 19.7 Å². The van der Waals surface area contributed by atoms with Gasteiger partial charge in [-0.05, 0) is 45.9 Å². The molecule has 36 heavy (non-hydrogen) atoms. The van der Waals surface area contributed by atoms with Crippen LogP contribution in [0.5, 0.6) is 11.5 Å². The predicted octanol–water partition coefficient (Wildman–Crippen LogP) is 2.94. The third-order valence-corrected chi connectivity index (χ3v) is 6.42. The zero-order chi connectivity index (χ0) is 27.3. The fourth-order valence-electron chi connectivity index (χ4n) is 3.45. The van der Waals surface area contributed by atoms with Gasteiger partial charge in [-0.3, -0.25) is 13.9 Å². The Morgan fingerprint density at radius 3 is 2.25 bits per heavy atom. The lowest BCUT2D eigenvalue weighted by atomic mass is 10.1. The highest BCUT2D eigenvalue weighted by atomic mass is 32.2. The van der Waals surface area contributed by atoms with Crippen molar-refractivity contribution in [2.75, 3.05) is 31.3 Å². The van der Waals surface area contributed by atoms with Gasteiger partial charge in [-0.15, -0.1) is 0 Å². The molecule has 2 rings (SSSR count). The van der Waals surface area contributed by atoms with Crippen LogP contribution in [0.2, 0.25) is 0 Å². The standard InChI is InChI=1S/C25H34FN3O6S/c1-17(24(31)27-25(2,3)4)28(15-18-10-8-9-11-20(18)26)23(30)16-29(36(7,32)33)21-14-19(34-5)12-13-22(21)35-6/h8-14,17H,15-16H2,1-7H3,(H,27,31)/t17-/m0/s1. The summed E-state index contributed by atoms with van der Waals surface area (Å²) < 4.78 is 51.4. The fraction of sp³-hybridized carbons (Fsp3) is 0.440. The van der Waals surface area contributed by atoms with Gasteiger partial charge in [0, 0.05) is 23.7 Å². The van der Waals surface area contributed by atoms with E-state index in [0.717, 1.165) is 15.5 Å². The highest BCUT2D eigenvalue weighted by molar-refractivity contribution is 7.92. The topological polar surface area (TPSA) is 105 Å². The number of halogens is 1. The first-order valence-electron chi connectivity index (χ1n) is 11.2. The van der Waals surface area contributed by atoms with Gasteiger partial charge >= 0.3 is 0 Å². The number of ether oxygens (including phenoxy) is 2. The molecular weight excluding hydrogens is 489 g/mol. The summed E-state index contributed by atoms with van der Waals surface area (Å²) in [6, 6.07) is 9.41. The molecule has 11 heteroatoms. The number of methoxy groups -OCH3 is 2. The van der Waals surface area contributed by atoms with Crippen molar-refractivity contribution < 1.29 is 31.9 Å². The summed E-state index contributed by atoms with van der Waals surface area (Å²) in [6.07, 6.45) is 0.955. The first kappa shape index (κ1) is 28.9. The molecule has 1 atom stereocenters. The van der Waals surface area contributed by atoms with Crippen LogP contribution in [0.15, 0.2) is 42.5 Å². The minimum Gasteiger partial charge on any atom is -0.497 e. The number of hydrogen-bond acceptors (Lipinski definition) is 6. The van der Waals surface area contributed by atoms with E-state index in [4.69, 9.17) is 9.47 Å². The normalized spacial score (nSPS) is 12.4. The molecule has 9 nitrogen and oxygen atoms in total. The molecule has 0 bridgehead atoms. The molecule has 0 unspecified atom stereocenters. The Kier molecular flexibility index (Phi) is 9.31. The van der Waals surface area contributed by atoms with Crippen molar-refractivity contribution in [3.05, 3.63) is 53.8 Å². The summed E-state index contributed by atoms with van der Waals surface area (Å²) in [7, 11) is -1.19. The molecule has 0 heterocycles. The fourth-order valence-corrected chi connectivity index (χ4v) is 4.30. The SMILES string of the molecule is COc1ccc(OC)c(N(CC(=O)N(Cc2ccccc2F)[C@@H](C)C(=O)NC(C)(C)C)S(C)(=O)=O)c1. The maximum Gasteiger partial charge on any atom is 0.244 e. The summed E-state index contributed by atoms with van der Waals surface area (Å²) >= 11 is 0. The number of carbonyl (C=O) groups is 2. The summed E-state index contributed by atoms with van der Waals surface area (Å²) in [4.78, 5) is 27.7. The third-order valence-electron chi connectivity index (χ3n) is 5.30. The first-order chi connectivity index (χ1) is 16.7. The predicted molar refractivity (Wildman–Crippen MR) is 136 cm³/mol. The second-order valence-corrected chi connectivity index (χ2v) is 11.2. The lowest BCUT2D eigenvalue weighted by Crippen LogP contribution is -2.54. The monoisotopic (exact) mass is 523 g/mol. The van der Waals surface area contributed by atoms with Gasteiger partial charge in [-0.1, -0.05) is 18.2 Å². The number of nitrogens with one attached hydrogen (secondary N) is 1. The van der Waals surface area contributed by atoms with Crippen LogP contribution in [0, 0.1) is 5.82 Å². The maximum atomic E-state index is 14.5. The number of hydrogen-bond donors (Lipinski definition) is 1. The zero-order valence-electron chi connectivity index (χ0n) is 21.7. The number of carbonyl (C=O) groups excluding carboxylic acids is 2. The van der Waals surface area contributed by atoms with E-state index in [0.29, 0.717) is 5.75 Å². The van der Waals surface area contributed by atoms with Crippen LogP contribution in [-0.4, -0.2) is 63.7 Å². The molecule has 0 aliphatic carbocycles. The molecule has 2 amide bonds. The number of benzene rings is 2. The molecule has 0 spiro atoms. The minimum atomic E-state index is -3.98. The Hall–Kier alpha value is -3.34. The molecular formula is C25H34FN3O6S. The van der Waals surface area contributed by atoms with E-state index in [9.17, 15) is 22.4 Å². The molecule has 0 fully saturated rings. The van der Waals surface area contributed by atoms with Crippen molar-refractivity contribution in [2.24, 2.45) is 0 Å². The molecule has 1 N–H and O–H groups in total. The number of anilines is 1. The Labute approximate surface area is 212 Å². The summed E-state index contributed by atoms with van der Waals surface area (Å²) in [5.74, 6) is -1.16. The van der Waals surface area contributed by atoms with Gasteiger partial charge in [0.15, 0.2) is 0 Å². The van der Waals surface area contributed by atoms with Crippen LogP contribution in [0.3, 0.4) is 0 Å². The van der Waals surface area contributed by atoms with Crippen molar-refractivity contribution in [3.8, 4) is 11.5 Å². The molecule has 0 aliphatic rings. The quantitative estimate of drug-likeness (QED) is 0.514. The highest BCUT2D eigenvalue weighted by Gasteiger charge is 2.32. The van der Waals surface area contributed by atoms with E-state index in [-0.39, 0.29) is 23.5 Å². The van der Waals surface area contributed by atoms with Crippen molar-refractivity contribution in [2.45, 2.75) is 45.8 Å². The smallest absolute Gasteiger partial charge is 0.244 e. The Balaban J connectivity index is 2.51. The van der Waals surface area contributed by atoms with E-state index in [2.05, 4.69) is 5.32 Å². The lowest BCUT2D eigenvalue weighted by molar-refractivity contribution is -0.140. The lowest BCUT2D eigenvalue weighted by Gasteiger charge is -2.33. The van der Waals surface area contributed by atoms with E-state index >= 15 is 0 Å². The third kappa shape index (κ3) is 7.58. The van der Waals surface area contributed by atoms with Gasteiger partial charge in [0.05, 0.1) is 26.2 Å². The van der Waals surface area contributed by atoms with Gasteiger partial charge in [-0.25, -0.2) is 12.8 Å². The number of amides is 2. The number of rotatable bonds is 10. The highest BCUT2D eigenvalue weighted by Crippen LogP contribution is 2.34. The van der Waals surface area contributed by atoms with Gasteiger partial charge in [0.25, 0.3) is 0 Å². The molecule has 2 aromatic carbocycles. The second-order valence-electron chi connectivity index (χ2n) is 9.34. The molecule has 0 aliphatic heterocycles. The molecule has 0 saturated carbocycles. The maximum absolute atomic E-state index is 14.5. The summed E-state index contributed by atoms with van der Waals surface area (Å²) in [5.41, 5.74) is -0.304. The van der Waals surface area contributed by atoms with Gasteiger partial charge in [0.2, 0.25) is 21.8 Å². The van der Waals surface area contributed by atoms with Crippen molar-refractivity contribution in [3.63, 3.8) is 0 Å². The average molecular weight is 524 g/mol. The van der Waals surface area contributed by atoms with E-state index in [1.54, 1.807) is 32.9 Å². The summed E-state index contributed by atoms with van der Waals surface area (Å²) in [6.45, 7) is 6.00. The zero-order valence-corrected chi connectivity index (χ0v) is 22.5. The second kappa shape index (κ2) is 11.6. The molecule has 2 aromatic rings. The average Bonchev–Trinajstić information content (AvgIpc) is 2.79. The minimum absolute atomic E-state index is 0.0883. The molecule has 198 valence electrons. The first-order valence-corrected chi connectivity index (χ1v) is 13.1. The molecule has 0 aromatic heterocycles. The van der Waals surface area contributed by atoms with Crippen LogP contribution < -0.4 is 19.1 Å². The largest absolute Gasteiger partial charge is 0.497 e. The summed E-state index contributed by atoms with van der Waals surface area (Å²) in [5, 5.41) is 2.81. The van der Waals surface area contributed by atoms with Gasteiger partial charge in [0.1, 0.15) is 29.9 Å². The molecule has 0 saturated heterocycles. The van der Waals surface area contributed by atoms with Crippen LogP contribution in [0.4, 0.5) is 10.1 Å².